The molecule has 3 saturated carbocycles. The van der Waals surface area contributed by atoms with E-state index in [-0.39, 0.29) is 0 Å². The van der Waals surface area contributed by atoms with Gasteiger partial charge in [-0.05, 0) is 92.3 Å². The maximum Gasteiger partial charge on any atom is 0.102 e. The summed E-state index contributed by atoms with van der Waals surface area (Å²) in [6, 6.07) is 0. The molecule has 3 aliphatic rings. The van der Waals surface area contributed by atoms with E-state index in [1.165, 1.54) is 37.7 Å². The van der Waals surface area contributed by atoms with Gasteiger partial charge in [-0.2, -0.15) is 0 Å². The van der Waals surface area contributed by atoms with Crippen LogP contribution >= 0.6 is 0 Å². The van der Waals surface area contributed by atoms with Gasteiger partial charge in [0.2, 0.25) is 0 Å². The second-order valence-corrected chi connectivity index (χ2v) is 11.4. The topological polar surface area (TPSA) is 60.7 Å². The molecule has 3 heteroatoms. The summed E-state index contributed by atoms with van der Waals surface area (Å²) >= 11 is 0. The second-order valence-electron chi connectivity index (χ2n) is 11.4. The van der Waals surface area contributed by atoms with E-state index >= 15 is 0 Å². The number of fused-ring (bicyclic) bond motifs is 1. The molecule has 0 saturated heterocycles. The van der Waals surface area contributed by atoms with Gasteiger partial charge in [0.15, 0.2) is 0 Å². The Kier molecular flexibility index (Phi) is 7.40. The highest BCUT2D eigenvalue weighted by atomic mass is 16.3. The van der Waals surface area contributed by atoms with Crippen molar-refractivity contribution < 1.29 is 15.3 Å². The third-order valence-corrected chi connectivity index (χ3v) is 8.61. The fourth-order valence-electron chi connectivity index (χ4n) is 6.71. The molecule has 2 unspecified atom stereocenters. The minimum Gasteiger partial charge on any atom is -0.390 e. The van der Waals surface area contributed by atoms with Crippen LogP contribution in [0.5, 0.6) is 0 Å². The van der Waals surface area contributed by atoms with Crippen molar-refractivity contribution in [3.63, 3.8) is 0 Å². The van der Waals surface area contributed by atoms with E-state index in [2.05, 4.69) is 39.2 Å². The summed E-state index contributed by atoms with van der Waals surface area (Å²) < 4.78 is 0. The molecule has 0 aromatic rings. The lowest BCUT2D eigenvalue weighted by Gasteiger charge is -2.44. The summed E-state index contributed by atoms with van der Waals surface area (Å²) in [5, 5.41) is 30.5. The van der Waals surface area contributed by atoms with Crippen molar-refractivity contribution >= 4 is 0 Å². The van der Waals surface area contributed by atoms with Crippen molar-refractivity contribution in [1.82, 2.24) is 0 Å². The molecule has 3 N–H and O–H groups in total. The molecule has 0 heterocycles. The van der Waals surface area contributed by atoms with E-state index in [0.29, 0.717) is 34.8 Å². The van der Waals surface area contributed by atoms with Crippen molar-refractivity contribution in [2.45, 2.75) is 103 Å². The van der Waals surface area contributed by atoms with E-state index in [1.807, 2.05) is 13.8 Å². The van der Waals surface area contributed by atoms with Gasteiger partial charge in [-0.3, -0.25) is 0 Å². The maximum absolute atomic E-state index is 10.3. The largest absolute Gasteiger partial charge is 0.390 e. The predicted molar refractivity (Wildman–Crippen MR) is 129 cm³/mol. The van der Waals surface area contributed by atoms with Crippen LogP contribution in [0.15, 0.2) is 47.6 Å². The lowest BCUT2D eigenvalue weighted by Crippen LogP contribution is -2.36. The van der Waals surface area contributed by atoms with Crippen molar-refractivity contribution in [2.75, 3.05) is 0 Å². The zero-order valence-corrected chi connectivity index (χ0v) is 20.2. The Morgan fingerprint density at radius 1 is 1.19 bits per heavy atom. The van der Waals surface area contributed by atoms with Crippen LogP contribution in [0.1, 0.15) is 85.5 Å². The normalized spacial score (nSPS) is 38.0. The molecule has 3 aliphatic carbocycles. The lowest BCUT2D eigenvalue weighted by atomic mass is 9.60. The van der Waals surface area contributed by atoms with Crippen molar-refractivity contribution in [3.05, 3.63) is 47.6 Å². The highest BCUT2D eigenvalue weighted by Crippen LogP contribution is 2.60. The molecule has 0 radical (unpaired) electrons. The summed E-state index contributed by atoms with van der Waals surface area (Å²) in [6.07, 6.45) is 12.7. The molecule has 0 aliphatic heterocycles. The molecular weight excluding hydrogens is 384 g/mol. The quantitative estimate of drug-likeness (QED) is 0.464. The van der Waals surface area contributed by atoms with Gasteiger partial charge >= 0.3 is 0 Å². The van der Waals surface area contributed by atoms with Crippen LogP contribution in [-0.4, -0.2) is 33.1 Å². The van der Waals surface area contributed by atoms with Crippen LogP contribution in [0.2, 0.25) is 0 Å². The molecule has 6 atom stereocenters. The number of hydrogen-bond acceptors (Lipinski definition) is 3. The number of aliphatic hydroxyl groups excluding tert-OH is 2. The zero-order chi connectivity index (χ0) is 23.0. The number of aliphatic hydroxyl groups is 3. The Balaban J connectivity index is 1.72. The standard InChI is InChI=1S/C28H44O3/c1-18(9-7-15-27(4,5)31)23-13-14-24-21(10-8-16-28(23,24)6)11-12-22-17-25(29)20(3)26(30)19(22)2/h11-12,18,23-26,29-31H,2-3,7-10,13-17H2,1,4-6H3/b21-11+,22-12-/t18-,23-,24?,25-,26?,28-/m1/s1. The molecule has 3 nitrogen and oxygen atoms in total. The molecule has 3 rings (SSSR count). The van der Waals surface area contributed by atoms with Crippen molar-refractivity contribution in [2.24, 2.45) is 23.2 Å². The predicted octanol–water partition coefficient (Wildman–Crippen LogP) is 5.87. The number of allylic oxidation sites excluding steroid dienone is 3. The Morgan fingerprint density at radius 2 is 1.90 bits per heavy atom. The molecule has 31 heavy (non-hydrogen) atoms. The Hall–Kier alpha value is -1.16. The van der Waals surface area contributed by atoms with Gasteiger partial charge in [0, 0.05) is 6.42 Å². The third kappa shape index (κ3) is 5.26. The first-order valence-electron chi connectivity index (χ1n) is 12.3. The minimum absolute atomic E-state index is 0.355. The van der Waals surface area contributed by atoms with Gasteiger partial charge in [0.05, 0.1) is 11.7 Å². The van der Waals surface area contributed by atoms with E-state index in [1.54, 1.807) is 0 Å². The van der Waals surface area contributed by atoms with Gasteiger partial charge in [0.25, 0.3) is 0 Å². The maximum atomic E-state index is 10.3. The molecule has 0 amide bonds. The fourth-order valence-corrected chi connectivity index (χ4v) is 6.71. The lowest BCUT2D eigenvalue weighted by molar-refractivity contribution is 0.0596. The average molecular weight is 429 g/mol. The van der Waals surface area contributed by atoms with E-state index in [9.17, 15) is 15.3 Å². The van der Waals surface area contributed by atoms with Crippen LogP contribution in [-0.2, 0) is 0 Å². The summed E-state index contributed by atoms with van der Waals surface area (Å²) in [4.78, 5) is 0. The van der Waals surface area contributed by atoms with Crippen LogP contribution in [0, 0.1) is 23.2 Å². The summed E-state index contributed by atoms with van der Waals surface area (Å²) in [7, 11) is 0. The smallest absolute Gasteiger partial charge is 0.102 e. The Labute approximate surface area is 189 Å². The molecule has 0 spiro atoms. The van der Waals surface area contributed by atoms with Crippen LogP contribution in [0.4, 0.5) is 0 Å². The molecule has 0 aromatic carbocycles. The average Bonchev–Trinajstić information content (AvgIpc) is 3.04. The van der Waals surface area contributed by atoms with E-state index < -0.39 is 17.8 Å². The van der Waals surface area contributed by atoms with Gasteiger partial charge in [-0.25, -0.2) is 0 Å². The number of hydrogen-bond donors (Lipinski definition) is 3. The SMILES string of the molecule is C=C1/C(=C\C=C2/CCC[C@@]3(C)C2CC[C@@H]3[C@H](C)CCCC(C)(C)O)C[C@@H](O)C(=C)C1O. The minimum atomic E-state index is -0.842. The summed E-state index contributed by atoms with van der Waals surface area (Å²) in [6.45, 7) is 16.6. The van der Waals surface area contributed by atoms with Gasteiger partial charge in [-0.1, -0.05) is 57.6 Å². The van der Waals surface area contributed by atoms with Crippen LogP contribution in [0.3, 0.4) is 0 Å². The highest BCUT2D eigenvalue weighted by Gasteiger charge is 2.50. The first-order chi connectivity index (χ1) is 14.4. The molecular formula is C28H44O3. The molecule has 0 bridgehead atoms. The van der Waals surface area contributed by atoms with Crippen molar-refractivity contribution in [1.29, 1.82) is 0 Å². The third-order valence-electron chi connectivity index (χ3n) is 8.61. The van der Waals surface area contributed by atoms with Crippen LogP contribution < -0.4 is 0 Å². The fraction of sp³-hybridized carbons (Fsp3) is 0.714. The van der Waals surface area contributed by atoms with E-state index in [0.717, 1.165) is 30.8 Å². The zero-order valence-electron chi connectivity index (χ0n) is 20.2. The van der Waals surface area contributed by atoms with Crippen LogP contribution in [0.25, 0.3) is 0 Å². The van der Waals surface area contributed by atoms with E-state index in [4.69, 9.17) is 0 Å². The first-order valence-corrected chi connectivity index (χ1v) is 12.3. The molecule has 0 aromatic heterocycles. The summed E-state index contributed by atoms with van der Waals surface area (Å²) in [5.41, 5.74) is 3.41. The molecule has 3 fully saturated rings. The highest BCUT2D eigenvalue weighted by molar-refractivity contribution is 5.45. The number of rotatable bonds is 6. The van der Waals surface area contributed by atoms with Gasteiger partial charge < -0.3 is 15.3 Å². The van der Waals surface area contributed by atoms with Crippen molar-refractivity contribution in [3.8, 4) is 0 Å². The van der Waals surface area contributed by atoms with Gasteiger partial charge in [0.1, 0.15) is 6.10 Å². The molecule has 174 valence electrons. The second kappa shape index (κ2) is 9.37. The monoisotopic (exact) mass is 428 g/mol. The van der Waals surface area contributed by atoms with Gasteiger partial charge in [-0.15, -0.1) is 0 Å². The summed E-state index contributed by atoms with van der Waals surface area (Å²) in [5.74, 6) is 2.05. The Bertz CT molecular complexity index is 753. The Morgan fingerprint density at radius 3 is 2.58 bits per heavy atom. The first kappa shape index (κ1) is 24.5.